The fourth-order valence-corrected chi connectivity index (χ4v) is 2.51. The minimum absolute atomic E-state index is 0.0760. The molecule has 1 fully saturated rings. The molecule has 1 saturated heterocycles. The van der Waals surface area contributed by atoms with Crippen LogP contribution in [0.25, 0.3) is 0 Å². The van der Waals surface area contributed by atoms with E-state index in [2.05, 4.69) is 10.2 Å². The van der Waals surface area contributed by atoms with Crippen molar-refractivity contribution < 1.29 is 13.9 Å². The van der Waals surface area contributed by atoms with E-state index in [1.54, 1.807) is 28.2 Å². The number of hydrogen-bond donors (Lipinski definition) is 0. The number of nitrogens with zero attached hydrogens (tertiary/aromatic N) is 4. The molecule has 21 heavy (non-hydrogen) atoms. The summed E-state index contributed by atoms with van der Waals surface area (Å²) in [5.41, 5.74) is 0.322. The van der Waals surface area contributed by atoms with E-state index in [0.717, 1.165) is 6.42 Å². The van der Waals surface area contributed by atoms with Crippen LogP contribution in [0.4, 0.5) is 4.39 Å². The number of carbonyl (C=O) groups excluding carboxylic acids is 1. The normalized spacial score (nSPS) is 18.0. The van der Waals surface area contributed by atoms with Crippen LogP contribution in [-0.4, -0.2) is 46.0 Å². The molecular weight excluding hydrogens is 275 g/mol. The van der Waals surface area contributed by atoms with Crippen LogP contribution in [0.15, 0.2) is 30.6 Å². The number of ether oxygens (including phenoxy) is 1. The first-order valence-electron chi connectivity index (χ1n) is 6.67. The van der Waals surface area contributed by atoms with Gasteiger partial charge in [0.2, 0.25) is 0 Å². The topological polar surface area (TPSA) is 60.2 Å². The van der Waals surface area contributed by atoms with Crippen molar-refractivity contribution in [3.8, 4) is 5.75 Å². The van der Waals surface area contributed by atoms with Crippen LogP contribution in [-0.2, 0) is 0 Å². The van der Waals surface area contributed by atoms with Gasteiger partial charge in [-0.1, -0.05) is 0 Å². The summed E-state index contributed by atoms with van der Waals surface area (Å²) in [5, 5.41) is 8.19. The maximum Gasteiger partial charge on any atom is 0.254 e. The predicted molar refractivity (Wildman–Crippen MR) is 72.5 cm³/mol. The molecule has 1 amide bonds. The van der Waals surface area contributed by atoms with Crippen LogP contribution in [0.5, 0.6) is 5.75 Å². The molecule has 2 aromatic rings. The number of rotatable bonds is 3. The third kappa shape index (κ3) is 2.58. The highest BCUT2D eigenvalue weighted by molar-refractivity contribution is 5.94. The number of benzene rings is 1. The van der Waals surface area contributed by atoms with Crippen molar-refractivity contribution in [1.29, 1.82) is 0 Å². The maximum atomic E-state index is 13.7. The SMILES string of the molecule is COc1ccc(C(=O)N2CC[C@H](n3nccn3)C2)cc1F. The quantitative estimate of drug-likeness (QED) is 0.860. The van der Waals surface area contributed by atoms with E-state index >= 15 is 0 Å². The Morgan fingerprint density at radius 1 is 1.38 bits per heavy atom. The van der Waals surface area contributed by atoms with Gasteiger partial charge in [0.1, 0.15) is 0 Å². The minimum atomic E-state index is -0.534. The molecule has 1 aromatic carbocycles. The van der Waals surface area contributed by atoms with Gasteiger partial charge in [0.05, 0.1) is 25.5 Å². The fourth-order valence-electron chi connectivity index (χ4n) is 2.51. The summed E-state index contributed by atoms with van der Waals surface area (Å²) in [5.74, 6) is -0.592. The van der Waals surface area contributed by atoms with Crippen LogP contribution in [0.2, 0.25) is 0 Å². The second kappa shape index (κ2) is 5.51. The van der Waals surface area contributed by atoms with Crippen LogP contribution in [0.1, 0.15) is 22.8 Å². The molecule has 1 atom stereocenters. The molecule has 3 rings (SSSR count). The Kier molecular flexibility index (Phi) is 3.55. The van der Waals surface area contributed by atoms with Gasteiger partial charge in [0.15, 0.2) is 11.6 Å². The van der Waals surface area contributed by atoms with Gasteiger partial charge in [0, 0.05) is 18.7 Å². The molecule has 0 bridgehead atoms. The summed E-state index contributed by atoms with van der Waals surface area (Å²) < 4.78 is 18.5. The average Bonchev–Trinajstić information content (AvgIpc) is 3.17. The number of methoxy groups -OCH3 is 1. The first kappa shape index (κ1) is 13.5. The number of amides is 1. The van der Waals surface area contributed by atoms with Crippen molar-refractivity contribution in [1.82, 2.24) is 19.9 Å². The van der Waals surface area contributed by atoms with Crippen LogP contribution in [0.3, 0.4) is 0 Å². The molecule has 0 unspecified atom stereocenters. The standard InChI is InChI=1S/C14H15FN4O2/c1-21-13-3-2-10(8-12(13)15)14(20)18-7-4-11(9-18)19-16-5-6-17-19/h2-3,5-6,8,11H,4,7,9H2,1H3/t11-/m0/s1. The molecule has 0 aliphatic carbocycles. The van der Waals surface area contributed by atoms with Gasteiger partial charge < -0.3 is 9.64 Å². The van der Waals surface area contributed by atoms with Gasteiger partial charge in [0.25, 0.3) is 5.91 Å². The largest absolute Gasteiger partial charge is 0.494 e. The lowest BCUT2D eigenvalue weighted by Crippen LogP contribution is -2.29. The Balaban J connectivity index is 1.73. The number of carbonyl (C=O) groups is 1. The molecule has 6 nitrogen and oxygen atoms in total. The molecule has 1 aliphatic rings. The number of hydrogen-bond acceptors (Lipinski definition) is 4. The molecule has 110 valence electrons. The predicted octanol–water partition coefficient (Wildman–Crippen LogP) is 1.51. The zero-order valence-electron chi connectivity index (χ0n) is 11.6. The summed E-state index contributed by atoms with van der Waals surface area (Å²) in [6.07, 6.45) is 4.02. The highest BCUT2D eigenvalue weighted by Gasteiger charge is 2.29. The number of halogens is 1. The van der Waals surface area contributed by atoms with Crippen molar-refractivity contribution in [2.24, 2.45) is 0 Å². The number of likely N-dealkylation sites (tertiary alicyclic amines) is 1. The molecule has 2 heterocycles. The van der Waals surface area contributed by atoms with E-state index in [1.165, 1.54) is 19.2 Å². The molecule has 0 saturated carbocycles. The lowest BCUT2D eigenvalue weighted by atomic mass is 10.2. The Hall–Kier alpha value is -2.44. The van der Waals surface area contributed by atoms with Gasteiger partial charge in [-0.2, -0.15) is 15.0 Å². The van der Waals surface area contributed by atoms with Crippen LogP contribution >= 0.6 is 0 Å². The summed E-state index contributed by atoms with van der Waals surface area (Å²) in [6, 6.07) is 4.32. The van der Waals surface area contributed by atoms with E-state index in [-0.39, 0.29) is 17.7 Å². The zero-order valence-corrected chi connectivity index (χ0v) is 11.6. The third-order valence-corrected chi connectivity index (χ3v) is 3.61. The van der Waals surface area contributed by atoms with Crippen LogP contribution < -0.4 is 4.74 Å². The Morgan fingerprint density at radius 3 is 2.81 bits per heavy atom. The fraction of sp³-hybridized carbons (Fsp3) is 0.357. The van der Waals surface area contributed by atoms with Crippen molar-refractivity contribution in [2.75, 3.05) is 20.2 Å². The van der Waals surface area contributed by atoms with E-state index in [1.807, 2.05) is 0 Å². The highest BCUT2D eigenvalue weighted by atomic mass is 19.1. The van der Waals surface area contributed by atoms with Crippen molar-refractivity contribution >= 4 is 5.91 Å². The first-order chi connectivity index (χ1) is 10.2. The summed E-state index contributed by atoms with van der Waals surface area (Å²) in [6.45, 7) is 1.14. The minimum Gasteiger partial charge on any atom is -0.494 e. The van der Waals surface area contributed by atoms with Crippen LogP contribution in [0, 0.1) is 5.82 Å². The van der Waals surface area contributed by atoms with Crippen molar-refractivity contribution in [3.63, 3.8) is 0 Å². The smallest absolute Gasteiger partial charge is 0.254 e. The molecule has 0 radical (unpaired) electrons. The lowest BCUT2D eigenvalue weighted by Gasteiger charge is -2.16. The highest BCUT2D eigenvalue weighted by Crippen LogP contribution is 2.23. The van der Waals surface area contributed by atoms with E-state index in [9.17, 15) is 9.18 Å². The van der Waals surface area contributed by atoms with Gasteiger partial charge in [-0.15, -0.1) is 0 Å². The van der Waals surface area contributed by atoms with Gasteiger partial charge in [-0.05, 0) is 24.6 Å². The monoisotopic (exact) mass is 290 g/mol. The summed E-state index contributed by atoms with van der Waals surface area (Å²) >= 11 is 0. The van der Waals surface area contributed by atoms with Gasteiger partial charge in [-0.25, -0.2) is 4.39 Å². The molecule has 7 heteroatoms. The van der Waals surface area contributed by atoms with E-state index < -0.39 is 5.82 Å². The second-order valence-electron chi connectivity index (χ2n) is 4.89. The summed E-state index contributed by atoms with van der Waals surface area (Å²) in [4.78, 5) is 15.7. The maximum absolute atomic E-state index is 13.7. The Bertz CT molecular complexity index is 644. The molecule has 1 aliphatic heterocycles. The van der Waals surface area contributed by atoms with Gasteiger partial charge >= 0.3 is 0 Å². The Labute approximate surface area is 121 Å². The van der Waals surface area contributed by atoms with E-state index in [0.29, 0.717) is 18.7 Å². The van der Waals surface area contributed by atoms with Crippen molar-refractivity contribution in [3.05, 3.63) is 42.0 Å². The second-order valence-corrected chi connectivity index (χ2v) is 4.89. The molecular formula is C14H15FN4O2. The van der Waals surface area contributed by atoms with Gasteiger partial charge in [-0.3, -0.25) is 4.79 Å². The molecule has 0 N–H and O–H groups in total. The van der Waals surface area contributed by atoms with Crippen molar-refractivity contribution in [2.45, 2.75) is 12.5 Å². The zero-order chi connectivity index (χ0) is 14.8. The molecule has 1 aromatic heterocycles. The third-order valence-electron chi connectivity index (χ3n) is 3.61. The molecule has 0 spiro atoms. The number of aromatic nitrogens is 3. The average molecular weight is 290 g/mol. The first-order valence-corrected chi connectivity index (χ1v) is 6.67. The lowest BCUT2D eigenvalue weighted by molar-refractivity contribution is 0.0785. The van der Waals surface area contributed by atoms with E-state index in [4.69, 9.17) is 4.74 Å². The summed E-state index contributed by atoms with van der Waals surface area (Å²) in [7, 11) is 1.39. The Morgan fingerprint density at radius 2 is 2.14 bits per heavy atom.